The average Bonchev–Trinajstić information content (AvgIpc) is 2.55. The van der Waals surface area contributed by atoms with Crippen LogP contribution in [-0.2, 0) is 4.79 Å². The van der Waals surface area contributed by atoms with E-state index in [0.717, 1.165) is 15.3 Å². The Labute approximate surface area is 114 Å². The molecular weight excluding hydrogens is 277 g/mol. The van der Waals surface area contributed by atoms with Crippen molar-refractivity contribution in [2.45, 2.75) is 33.0 Å². The monoisotopic (exact) mass is 294 g/mol. The number of halogens is 3. The highest BCUT2D eigenvalue weighted by Crippen LogP contribution is 2.25. The quantitative estimate of drug-likeness (QED) is 0.876. The fourth-order valence-electron chi connectivity index (χ4n) is 1.77. The van der Waals surface area contributed by atoms with Gasteiger partial charge >= 0.3 is 6.18 Å². The summed E-state index contributed by atoms with van der Waals surface area (Å²) in [6.45, 7) is 4.24. The second-order valence-corrected chi connectivity index (χ2v) is 5.84. The minimum Gasteiger partial charge on any atom is -0.348 e. The molecule has 1 unspecified atom stereocenters. The topological polar surface area (TPSA) is 41.1 Å². The molecule has 1 aromatic rings. The maximum atomic E-state index is 11.9. The molecule has 0 spiro atoms. The van der Waals surface area contributed by atoms with Gasteiger partial charge in [-0.25, -0.2) is 0 Å². The van der Waals surface area contributed by atoms with E-state index >= 15 is 0 Å². The SMILES string of the molecule is Cc1cc(C(C)NC(=O)CNCC(F)(F)F)c(C)s1. The van der Waals surface area contributed by atoms with Gasteiger partial charge in [0.05, 0.1) is 19.1 Å². The largest absolute Gasteiger partial charge is 0.401 e. The van der Waals surface area contributed by atoms with E-state index in [1.165, 1.54) is 0 Å². The zero-order valence-corrected chi connectivity index (χ0v) is 11.8. The summed E-state index contributed by atoms with van der Waals surface area (Å²) in [5, 5.41) is 4.74. The molecule has 7 heteroatoms. The second kappa shape index (κ2) is 6.38. The van der Waals surface area contributed by atoms with Gasteiger partial charge in [-0.3, -0.25) is 4.79 Å². The van der Waals surface area contributed by atoms with Crippen LogP contribution < -0.4 is 10.6 Å². The van der Waals surface area contributed by atoms with E-state index in [9.17, 15) is 18.0 Å². The third-order valence-corrected chi connectivity index (χ3v) is 3.52. The summed E-state index contributed by atoms with van der Waals surface area (Å²) in [5.41, 5.74) is 1.01. The van der Waals surface area contributed by atoms with Crippen LogP contribution in [0.4, 0.5) is 13.2 Å². The van der Waals surface area contributed by atoms with E-state index in [2.05, 4.69) is 10.6 Å². The Morgan fingerprint density at radius 3 is 2.53 bits per heavy atom. The summed E-state index contributed by atoms with van der Waals surface area (Å²) in [6.07, 6.45) is -4.30. The molecule has 3 nitrogen and oxygen atoms in total. The maximum Gasteiger partial charge on any atom is 0.401 e. The lowest BCUT2D eigenvalue weighted by Crippen LogP contribution is -2.39. The molecule has 0 aromatic carbocycles. The number of hydrogen-bond donors (Lipinski definition) is 2. The normalized spacial score (nSPS) is 13.4. The zero-order valence-electron chi connectivity index (χ0n) is 11.0. The number of rotatable bonds is 5. The van der Waals surface area contributed by atoms with Gasteiger partial charge in [0.2, 0.25) is 5.91 Å². The molecule has 0 bridgehead atoms. The molecule has 108 valence electrons. The highest BCUT2D eigenvalue weighted by atomic mass is 32.1. The fraction of sp³-hybridized carbons (Fsp3) is 0.583. The van der Waals surface area contributed by atoms with Crippen molar-refractivity contribution in [2.24, 2.45) is 0 Å². The number of aryl methyl sites for hydroxylation is 2. The first-order valence-electron chi connectivity index (χ1n) is 5.83. The van der Waals surface area contributed by atoms with E-state index in [1.54, 1.807) is 11.3 Å². The standard InChI is InChI=1S/C12H17F3N2OS/c1-7-4-10(9(3)19-7)8(2)17-11(18)5-16-6-12(13,14)15/h4,8,16H,5-6H2,1-3H3,(H,17,18). The molecule has 0 aliphatic carbocycles. The van der Waals surface area contributed by atoms with E-state index in [0.29, 0.717) is 0 Å². The van der Waals surface area contributed by atoms with Crippen LogP contribution in [0.15, 0.2) is 6.07 Å². The lowest BCUT2D eigenvalue weighted by molar-refractivity contribution is -0.128. The lowest BCUT2D eigenvalue weighted by Gasteiger charge is -2.14. The Morgan fingerprint density at radius 2 is 2.05 bits per heavy atom. The highest BCUT2D eigenvalue weighted by molar-refractivity contribution is 7.12. The van der Waals surface area contributed by atoms with Crippen molar-refractivity contribution in [3.05, 3.63) is 21.4 Å². The molecule has 1 aromatic heterocycles. The number of thiophene rings is 1. The van der Waals surface area contributed by atoms with Crippen LogP contribution in [0.25, 0.3) is 0 Å². The summed E-state index contributed by atoms with van der Waals surface area (Å²) in [7, 11) is 0. The Balaban J connectivity index is 2.42. The van der Waals surface area contributed by atoms with Crippen molar-refractivity contribution < 1.29 is 18.0 Å². The first-order chi connectivity index (χ1) is 8.69. The molecule has 1 atom stereocenters. The fourth-order valence-corrected chi connectivity index (χ4v) is 2.79. The minimum atomic E-state index is -4.30. The maximum absolute atomic E-state index is 11.9. The van der Waals surface area contributed by atoms with Gasteiger partial charge in [0, 0.05) is 9.75 Å². The van der Waals surface area contributed by atoms with Crippen LogP contribution in [0.2, 0.25) is 0 Å². The van der Waals surface area contributed by atoms with Crippen LogP contribution in [0, 0.1) is 13.8 Å². The third kappa shape index (κ3) is 5.61. The third-order valence-electron chi connectivity index (χ3n) is 2.53. The molecule has 0 radical (unpaired) electrons. The van der Waals surface area contributed by atoms with E-state index in [4.69, 9.17) is 0 Å². The predicted molar refractivity (Wildman–Crippen MR) is 69.3 cm³/mol. The molecular formula is C12H17F3N2OS. The Hall–Kier alpha value is -1.08. The summed E-state index contributed by atoms with van der Waals surface area (Å²) in [5.74, 6) is -0.444. The molecule has 0 aliphatic heterocycles. The van der Waals surface area contributed by atoms with Gasteiger partial charge in [0.1, 0.15) is 0 Å². The van der Waals surface area contributed by atoms with Crippen molar-refractivity contribution in [2.75, 3.05) is 13.1 Å². The molecule has 2 N–H and O–H groups in total. The number of carbonyl (C=O) groups excluding carboxylic acids is 1. The van der Waals surface area contributed by atoms with Crippen LogP contribution >= 0.6 is 11.3 Å². The Bertz CT molecular complexity index is 443. The van der Waals surface area contributed by atoms with Crippen molar-refractivity contribution in [3.8, 4) is 0 Å². The summed E-state index contributed by atoms with van der Waals surface area (Å²) in [6, 6.07) is 1.78. The number of amides is 1. The molecule has 0 fully saturated rings. The van der Waals surface area contributed by atoms with Crippen molar-refractivity contribution in [1.82, 2.24) is 10.6 Å². The molecule has 1 heterocycles. The smallest absolute Gasteiger partial charge is 0.348 e. The average molecular weight is 294 g/mol. The van der Waals surface area contributed by atoms with E-state index in [-0.39, 0.29) is 12.6 Å². The molecule has 1 amide bonds. The first kappa shape index (κ1) is 16.0. The van der Waals surface area contributed by atoms with Crippen LogP contribution in [0.5, 0.6) is 0 Å². The van der Waals surface area contributed by atoms with Crippen molar-refractivity contribution in [3.63, 3.8) is 0 Å². The van der Waals surface area contributed by atoms with Crippen molar-refractivity contribution in [1.29, 1.82) is 0 Å². The van der Waals surface area contributed by atoms with Gasteiger partial charge in [-0.05, 0) is 32.4 Å². The number of alkyl halides is 3. The van der Waals surface area contributed by atoms with E-state index in [1.807, 2.05) is 26.8 Å². The Morgan fingerprint density at radius 1 is 1.42 bits per heavy atom. The molecule has 0 saturated carbocycles. The molecule has 19 heavy (non-hydrogen) atoms. The zero-order chi connectivity index (χ0) is 14.6. The van der Waals surface area contributed by atoms with Crippen LogP contribution in [-0.4, -0.2) is 25.2 Å². The van der Waals surface area contributed by atoms with Crippen molar-refractivity contribution >= 4 is 17.2 Å². The summed E-state index contributed by atoms with van der Waals surface area (Å²) < 4.78 is 35.7. The number of carbonyl (C=O) groups is 1. The Kier molecular flexibility index (Phi) is 5.37. The minimum absolute atomic E-state index is 0.204. The van der Waals surface area contributed by atoms with Gasteiger partial charge in [-0.15, -0.1) is 11.3 Å². The predicted octanol–water partition coefficient (Wildman–Crippen LogP) is 2.69. The highest BCUT2D eigenvalue weighted by Gasteiger charge is 2.26. The van der Waals surface area contributed by atoms with E-state index < -0.39 is 18.6 Å². The molecule has 1 rings (SSSR count). The molecule has 0 aliphatic rings. The van der Waals surface area contributed by atoms with Gasteiger partial charge in [0.15, 0.2) is 0 Å². The summed E-state index contributed by atoms with van der Waals surface area (Å²) in [4.78, 5) is 13.7. The van der Waals surface area contributed by atoms with Crippen LogP contribution in [0.3, 0.4) is 0 Å². The lowest BCUT2D eigenvalue weighted by atomic mass is 10.1. The second-order valence-electron chi connectivity index (χ2n) is 4.38. The summed E-state index contributed by atoms with van der Waals surface area (Å²) >= 11 is 1.63. The first-order valence-corrected chi connectivity index (χ1v) is 6.64. The van der Waals surface area contributed by atoms with Gasteiger partial charge in [-0.2, -0.15) is 13.2 Å². The van der Waals surface area contributed by atoms with Gasteiger partial charge in [0.25, 0.3) is 0 Å². The number of nitrogens with one attached hydrogen (secondary N) is 2. The van der Waals surface area contributed by atoms with Crippen LogP contribution in [0.1, 0.15) is 28.3 Å². The van der Waals surface area contributed by atoms with Gasteiger partial charge < -0.3 is 10.6 Å². The molecule has 0 saturated heterocycles. The number of hydrogen-bond acceptors (Lipinski definition) is 3. The van der Waals surface area contributed by atoms with Gasteiger partial charge in [-0.1, -0.05) is 0 Å².